The maximum atomic E-state index is 13.0. The van der Waals surface area contributed by atoms with Crippen LogP contribution < -0.4 is 0 Å². The molecule has 2 aromatic heterocycles. The zero-order valence-corrected chi connectivity index (χ0v) is 14.6. The van der Waals surface area contributed by atoms with Gasteiger partial charge < -0.3 is 14.1 Å². The van der Waals surface area contributed by atoms with Crippen molar-refractivity contribution in [2.45, 2.75) is 38.2 Å². The topological polar surface area (TPSA) is 81.4 Å². The van der Waals surface area contributed by atoms with Gasteiger partial charge >= 0.3 is 0 Å². The molecular formula is C18H21FN4O3. The first kappa shape index (κ1) is 17.1. The molecule has 0 bridgehead atoms. The molecule has 2 saturated heterocycles. The first-order valence-electron chi connectivity index (χ1n) is 8.90. The minimum Gasteiger partial charge on any atom is -0.425 e. The van der Waals surface area contributed by atoms with Crippen LogP contribution in [0, 0.1) is 18.7 Å². The minimum atomic E-state index is -0.404. The number of fused-ring (bicyclic) bond motifs is 1. The van der Waals surface area contributed by atoms with Crippen LogP contribution in [0.5, 0.6) is 0 Å². The van der Waals surface area contributed by atoms with Crippen LogP contribution in [-0.4, -0.2) is 51.8 Å². The van der Waals surface area contributed by atoms with Gasteiger partial charge in [-0.25, -0.2) is 4.39 Å². The molecule has 0 N–H and O–H groups in total. The van der Waals surface area contributed by atoms with Crippen molar-refractivity contribution in [3.63, 3.8) is 0 Å². The van der Waals surface area contributed by atoms with Crippen molar-refractivity contribution in [1.29, 1.82) is 0 Å². The number of carbonyl (C=O) groups excluding carboxylic acids is 1. The summed E-state index contributed by atoms with van der Waals surface area (Å²) in [7, 11) is 0. The largest absolute Gasteiger partial charge is 0.425 e. The van der Waals surface area contributed by atoms with E-state index in [2.05, 4.69) is 15.2 Å². The average molecular weight is 360 g/mol. The molecule has 8 heteroatoms. The van der Waals surface area contributed by atoms with Gasteiger partial charge in [-0.3, -0.25) is 9.78 Å². The number of aryl methyl sites for hydroxylation is 1. The second-order valence-electron chi connectivity index (χ2n) is 6.90. The summed E-state index contributed by atoms with van der Waals surface area (Å²) < 4.78 is 24.5. The molecule has 0 unspecified atom stereocenters. The zero-order valence-electron chi connectivity index (χ0n) is 14.6. The highest BCUT2D eigenvalue weighted by molar-refractivity contribution is 5.78. The van der Waals surface area contributed by atoms with Crippen molar-refractivity contribution in [3.05, 3.63) is 41.6 Å². The Morgan fingerprint density at radius 2 is 2.23 bits per heavy atom. The van der Waals surface area contributed by atoms with Gasteiger partial charge in [-0.1, -0.05) is 0 Å². The number of amides is 1. The molecular weight excluding hydrogens is 339 g/mol. The summed E-state index contributed by atoms with van der Waals surface area (Å²) >= 11 is 0. The molecule has 2 aliphatic rings. The van der Waals surface area contributed by atoms with Crippen LogP contribution >= 0.6 is 0 Å². The standard InChI is InChI=1S/C18H21FN4O3/c1-11-21-22-18(26-11)14-5-7-25-16-4-6-23(10-15(14)16)17(24)8-13-3-2-12(19)9-20-13/h2-3,9,14-16H,4-8,10H2,1H3/t14-,15-,16-/m1/s1. The lowest BCUT2D eigenvalue weighted by atomic mass is 9.79. The van der Waals surface area contributed by atoms with Crippen molar-refractivity contribution in [3.8, 4) is 0 Å². The molecule has 3 atom stereocenters. The smallest absolute Gasteiger partial charge is 0.228 e. The summed E-state index contributed by atoms with van der Waals surface area (Å²) in [4.78, 5) is 18.5. The third kappa shape index (κ3) is 3.46. The molecule has 2 aromatic rings. The van der Waals surface area contributed by atoms with Gasteiger partial charge in [-0.05, 0) is 25.0 Å². The number of pyridine rings is 1. The van der Waals surface area contributed by atoms with Crippen LogP contribution in [0.25, 0.3) is 0 Å². The Kier molecular flexibility index (Phi) is 4.67. The maximum Gasteiger partial charge on any atom is 0.228 e. The summed E-state index contributed by atoms with van der Waals surface area (Å²) in [6, 6.07) is 2.87. The number of likely N-dealkylation sites (tertiary alicyclic amines) is 1. The molecule has 0 radical (unpaired) electrons. The zero-order chi connectivity index (χ0) is 18.1. The molecule has 0 saturated carbocycles. The Labute approximate surface area is 150 Å². The molecule has 2 aliphatic heterocycles. The number of carbonyl (C=O) groups is 1. The van der Waals surface area contributed by atoms with E-state index in [0.717, 1.165) is 19.0 Å². The van der Waals surface area contributed by atoms with Gasteiger partial charge in [0.05, 0.1) is 18.7 Å². The highest BCUT2D eigenvalue weighted by atomic mass is 19.1. The summed E-state index contributed by atoms with van der Waals surface area (Å²) in [6.45, 7) is 3.69. The van der Waals surface area contributed by atoms with E-state index in [1.165, 1.54) is 6.07 Å². The first-order chi connectivity index (χ1) is 12.6. The van der Waals surface area contributed by atoms with Crippen molar-refractivity contribution >= 4 is 5.91 Å². The van der Waals surface area contributed by atoms with E-state index in [-0.39, 0.29) is 30.3 Å². The van der Waals surface area contributed by atoms with Gasteiger partial charge in [0, 0.05) is 44.1 Å². The number of piperidine rings is 1. The monoisotopic (exact) mass is 360 g/mol. The van der Waals surface area contributed by atoms with Gasteiger partial charge in [0.15, 0.2) is 0 Å². The molecule has 138 valence electrons. The van der Waals surface area contributed by atoms with Gasteiger partial charge in [0.2, 0.25) is 17.7 Å². The lowest BCUT2D eigenvalue weighted by Crippen LogP contribution is -2.51. The van der Waals surface area contributed by atoms with E-state index in [1.807, 2.05) is 4.90 Å². The van der Waals surface area contributed by atoms with Gasteiger partial charge in [-0.15, -0.1) is 10.2 Å². The number of halogens is 1. The van der Waals surface area contributed by atoms with Crippen LogP contribution in [0.3, 0.4) is 0 Å². The fraction of sp³-hybridized carbons (Fsp3) is 0.556. The van der Waals surface area contributed by atoms with E-state index in [0.29, 0.717) is 37.2 Å². The normalized spacial score (nSPS) is 25.8. The van der Waals surface area contributed by atoms with Crippen LogP contribution in [0.4, 0.5) is 4.39 Å². The number of ether oxygens (including phenoxy) is 1. The minimum absolute atomic E-state index is 0.00593. The molecule has 0 aliphatic carbocycles. The maximum absolute atomic E-state index is 13.0. The molecule has 7 nitrogen and oxygen atoms in total. The van der Waals surface area contributed by atoms with Gasteiger partial charge in [0.1, 0.15) is 5.82 Å². The molecule has 0 aromatic carbocycles. The summed E-state index contributed by atoms with van der Waals surface area (Å²) in [5.74, 6) is 1.02. The lowest BCUT2D eigenvalue weighted by Gasteiger charge is -2.44. The Morgan fingerprint density at radius 1 is 1.35 bits per heavy atom. The molecule has 2 fully saturated rings. The summed E-state index contributed by atoms with van der Waals surface area (Å²) in [5, 5.41) is 8.12. The number of aromatic nitrogens is 3. The van der Waals surface area contributed by atoms with Crippen LogP contribution in [0.2, 0.25) is 0 Å². The number of rotatable bonds is 3. The number of hydrogen-bond acceptors (Lipinski definition) is 6. The lowest BCUT2D eigenvalue weighted by molar-refractivity contribution is -0.139. The van der Waals surface area contributed by atoms with Gasteiger partial charge in [0.25, 0.3) is 0 Å². The predicted molar refractivity (Wildman–Crippen MR) is 88.7 cm³/mol. The molecule has 1 amide bonds. The second kappa shape index (κ2) is 7.11. The van der Waals surface area contributed by atoms with Crippen LogP contribution in [0.15, 0.2) is 22.7 Å². The first-order valence-corrected chi connectivity index (χ1v) is 8.90. The number of nitrogens with zero attached hydrogens (tertiary/aromatic N) is 4. The van der Waals surface area contributed by atoms with E-state index < -0.39 is 5.82 Å². The highest BCUT2D eigenvalue weighted by Gasteiger charge is 2.42. The fourth-order valence-electron chi connectivity index (χ4n) is 3.89. The van der Waals surface area contributed by atoms with Gasteiger partial charge in [-0.2, -0.15) is 0 Å². The molecule has 4 heterocycles. The molecule has 4 rings (SSSR count). The number of hydrogen-bond donors (Lipinski definition) is 0. The van der Waals surface area contributed by atoms with Crippen molar-refractivity contribution in [2.24, 2.45) is 5.92 Å². The predicted octanol–water partition coefficient (Wildman–Crippen LogP) is 1.88. The Bertz CT molecular complexity index is 779. The van der Waals surface area contributed by atoms with Crippen LogP contribution in [0.1, 0.15) is 36.2 Å². The van der Waals surface area contributed by atoms with Crippen molar-refractivity contribution < 1.29 is 18.3 Å². The third-order valence-corrected chi connectivity index (χ3v) is 5.20. The molecule has 0 spiro atoms. The quantitative estimate of drug-likeness (QED) is 0.831. The van der Waals surface area contributed by atoms with E-state index in [1.54, 1.807) is 13.0 Å². The highest BCUT2D eigenvalue weighted by Crippen LogP contribution is 2.39. The van der Waals surface area contributed by atoms with E-state index in [4.69, 9.17) is 9.15 Å². The molecule has 26 heavy (non-hydrogen) atoms. The van der Waals surface area contributed by atoms with Crippen LogP contribution in [-0.2, 0) is 16.0 Å². The van der Waals surface area contributed by atoms with E-state index >= 15 is 0 Å². The Morgan fingerprint density at radius 3 is 2.96 bits per heavy atom. The Hall–Kier alpha value is -2.35. The van der Waals surface area contributed by atoms with E-state index in [9.17, 15) is 9.18 Å². The second-order valence-corrected chi connectivity index (χ2v) is 6.90. The average Bonchev–Trinajstić information content (AvgIpc) is 3.09. The van der Waals surface area contributed by atoms with Crippen molar-refractivity contribution in [1.82, 2.24) is 20.1 Å². The third-order valence-electron chi connectivity index (χ3n) is 5.20. The van der Waals surface area contributed by atoms with Crippen molar-refractivity contribution in [2.75, 3.05) is 19.7 Å². The summed E-state index contributed by atoms with van der Waals surface area (Å²) in [6.07, 6.45) is 3.01. The SMILES string of the molecule is Cc1nnc([C@@H]2CCO[C@@H]3CCN(C(=O)Cc4ccc(F)cn4)C[C@@H]32)o1. The fourth-order valence-corrected chi connectivity index (χ4v) is 3.89. The Balaban J connectivity index is 1.46. The summed E-state index contributed by atoms with van der Waals surface area (Å²) in [5.41, 5.74) is 0.572.